The van der Waals surface area contributed by atoms with Crippen LogP contribution in [-0.2, 0) is 35.2 Å². The molecule has 11 N–H and O–H groups in total. The summed E-state index contributed by atoms with van der Waals surface area (Å²) in [4.78, 5) is 79.0. The lowest BCUT2D eigenvalue weighted by Crippen LogP contribution is -2.61. The van der Waals surface area contributed by atoms with Gasteiger partial charge in [-0.3, -0.25) is 28.8 Å². The lowest BCUT2D eigenvalue weighted by Gasteiger charge is -2.28. The molecule has 274 valence electrons. The summed E-state index contributed by atoms with van der Waals surface area (Å²) < 4.78 is 0. The van der Waals surface area contributed by atoms with Crippen LogP contribution in [0.4, 0.5) is 0 Å². The van der Waals surface area contributed by atoms with Crippen LogP contribution in [0.1, 0.15) is 45.1 Å². The van der Waals surface area contributed by atoms with Crippen LogP contribution in [-0.4, -0.2) is 124 Å². The predicted octanol–water partition coefficient (Wildman–Crippen LogP) is -2.56. The van der Waals surface area contributed by atoms with Crippen molar-refractivity contribution in [2.45, 2.75) is 88.4 Å². The second-order valence-corrected chi connectivity index (χ2v) is 14.2. The fourth-order valence-corrected chi connectivity index (χ4v) is 6.79. The van der Waals surface area contributed by atoms with Crippen molar-refractivity contribution in [3.8, 4) is 0 Å². The van der Waals surface area contributed by atoms with Gasteiger partial charge in [0.15, 0.2) is 0 Å². The number of rotatable bonds is 11. The molecule has 7 atom stereocenters. The first-order chi connectivity index (χ1) is 23.4. The summed E-state index contributed by atoms with van der Waals surface area (Å²) in [6, 6.07) is 3.04. The Labute approximate surface area is 293 Å². The van der Waals surface area contributed by atoms with E-state index in [2.05, 4.69) is 31.9 Å². The summed E-state index contributed by atoms with van der Waals surface area (Å²) in [7, 11) is 2.39. The highest BCUT2D eigenvalue weighted by Gasteiger charge is 2.33. The van der Waals surface area contributed by atoms with E-state index in [1.807, 2.05) is 6.07 Å². The van der Waals surface area contributed by atoms with Crippen molar-refractivity contribution in [3.05, 3.63) is 35.9 Å². The highest BCUT2D eigenvalue weighted by Crippen LogP contribution is 2.23. The van der Waals surface area contributed by atoms with E-state index < -0.39 is 91.0 Å². The number of unbranched alkanes of at least 4 members (excludes halogenated alkanes) is 1. The van der Waals surface area contributed by atoms with Crippen LogP contribution >= 0.6 is 21.6 Å². The Bertz CT molecular complexity index is 1240. The Kier molecular flexibility index (Phi) is 19.0. The summed E-state index contributed by atoms with van der Waals surface area (Å²) in [5.41, 5.74) is 6.38. The number of aliphatic hydroxyl groups is 3. The topological polar surface area (TPSA) is 261 Å². The molecule has 1 fully saturated rings. The second-order valence-electron chi connectivity index (χ2n) is 11.6. The molecule has 1 aromatic carbocycles. The van der Waals surface area contributed by atoms with Crippen molar-refractivity contribution in [2.24, 2.45) is 5.73 Å². The van der Waals surface area contributed by atoms with Crippen molar-refractivity contribution < 1.29 is 44.1 Å². The highest BCUT2D eigenvalue weighted by atomic mass is 33.1. The van der Waals surface area contributed by atoms with Gasteiger partial charge in [0.05, 0.1) is 31.4 Å². The third-order valence-electron chi connectivity index (χ3n) is 7.49. The van der Waals surface area contributed by atoms with E-state index in [0.29, 0.717) is 19.4 Å². The van der Waals surface area contributed by atoms with Gasteiger partial charge in [-0.05, 0) is 45.2 Å². The number of benzene rings is 1. The third-order valence-corrected chi connectivity index (χ3v) is 9.90. The first-order valence-corrected chi connectivity index (χ1v) is 18.6. The molecule has 1 saturated heterocycles. The second kappa shape index (κ2) is 22.3. The van der Waals surface area contributed by atoms with Crippen molar-refractivity contribution >= 4 is 57.0 Å². The van der Waals surface area contributed by atoms with Crippen LogP contribution in [0.2, 0.25) is 0 Å². The normalized spacial score (nSPS) is 24.2. The molecule has 0 aromatic heterocycles. The van der Waals surface area contributed by atoms with Gasteiger partial charge in [-0.15, -0.1) is 0 Å². The highest BCUT2D eigenvalue weighted by molar-refractivity contribution is 8.76. The van der Waals surface area contributed by atoms with Gasteiger partial charge in [0.1, 0.15) is 24.2 Å². The molecule has 0 radical (unpaired) electrons. The fraction of sp³-hybridized carbons (Fsp3) is 0.613. The SMILES string of the molecule is C[C@@H](O)[C@@H]1NC(=O)[C@H](CCCCN)NC(=O)CNC(=O)[C@H](Cc2ccccc2)NC(=O)CCSSC[C@@H](C(=O)N[C@H](CO)[C@@H](C)O)NC1=O. The Balaban J connectivity index is 2.36. The number of amides is 6. The van der Waals surface area contributed by atoms with Crippen molar-refractivity contribution in [3.63, 3.8) is 0 Å². The molecule has 49 heavy (non-hydrogen) atoms. The average molecular weight is 728 g/mol. The van der Waals surface area contributed by atoms with Gasteiger partial charge in [0.25, 0.3) is 0 Å². The molecule has 1 heterocycles. The molecule has 0 unspecified atom stereocenters. The minimum atomic E-state index is -1.53. The van der Waals surface area contributed by atoms with Gasteiger partial charge in [-0.25, -0.2) is 0 Å². The van der Waals surface area contributed by atoms with E-state index in [1.165, 1.54) is 24.6 Å². The van der Waals surface area contributed by atoms with Gasteiger partial charge < -0.3 is 53.0 Å². The Morgan fingerprint density at radius 1 is 0.918 bits per heavy atom. The van der Waals surface area contributed by atoms with E-state index in [4.69, 9.17) is 5.73 Å². The summed E-state index contributed by atoms with van der Waals surface area (Å²) in [6.45, 7) is 1.89. The molecule has 2 rings (SSSR count). The number of carbonyl (C=O) groups is 6. The van der Waals surface area contributed by atoms with Crippen LogP contribution in [0.3, 0.4) is 0 Å². The molecule has 0 saturated carbocycles. The zero-order chi connectivity index (χ0) is 36.3. The third kappa shape index (κ3) is 15.3. The molecule has 16 nitrogen and oxygen atoms in total. The summed E-state index contributed by atoms with van der Waals surface area (Å²) in [6.07, 6.45) is -1.27. The van der Waals surface area contributed by atoms with Gasteiger partial charge in [-0.1, -0.05) is 51.9 Å². The lowest BCUT2D eigenvalue weighted by molar-refractivity contribution is -0.136. The maximum Gasteiger partial charge on any atom is 0.245 e. The Morgan fingerprint density at radius 3 is 2.24 bits per heavy atom. The standard InChI is InChI=1S/C31H49N7O9S2/c1-18(40)23(16-39)36-30(46)24-17-49-48-13-11-25(42)35-22(14-20-8-4-3-5-9-20)28(44)33-15-26(43)34-21(10-6-7-12-32)29(45)38-27(19(2)41)31(47)37-24/h3-5,8-9,18-19,21-24,27,39-41H,6-7,10-17,32H2,1-2H3,(H,33,44)(H,34,43)(H,35,42)(H,36,46)(H,37,47)(H,38,45)/t18-,19-,21+,22+,23-,24+,27+/m1/s1. The monoisotopic (exact) mass is 727 g/mol. The minimum absolute atomic E-state index is 0.00910. The van der Waals surface area contributed by atoms with Crippen molar-refractivity contribution in [1.29, 1.82) is 0 Å². The average Bonchev–Trinajstić information content (AvgIpc) is 3.06. The zero-order valence-electron chi connectivity index (χ0n) is 27.7. The molecule has 1 aromatic rings. The van der Waals surface area contributed by atoms with E-state index in [0.717, 1.165) is 16.4 Å². The fourth-order valence-electron chi connectivity index (χ4n) is 4.64. The Hall–Kier alpha value is -3.42. The number of hydrogen-bond donors (Lipinski definition) is 10. The van der Waals surface area contributed by atoms with E-state index in [9.17, 15) is 44.1 Å². The van der Waals surface area contributed by atoms with E-state index in [-0.39, 0.29) is 30.8 Å². The minimum Gasteiger partial charge on any atom is -0.394 e. The quantitative estimate of drug-likeness (QED) is 0.0834. The zero-order valence-corrected chi connectivity index (χ0v) is 29.3. The van der Waals surface area contributed by atoms with Crippen LogP contribution in [0.15, 0.2) is 30.3 Å². The predicted molar refractivity (Wildman–Crippen MR) is 186 cm³/mol. The van der Waals surface area contributed by atoms with E-state index >= 15 is 0 Å². The maximum absolute atomic E-state index is 13.4. The molecule has 0 aliphatic carbocycles. The number of hydrogen-bond acceptors (Lipinski definition) is 12. The van der Waals surface area contributed by atoms with Crippen molar-refractivity contribution in [2.75, 3.05) is 31.2 Å². The van der Waals surface area contributed by atoms with Gasteiger partial charge in [0.2, 0.25) is 35.4 Å². The number of nitrogens with two attached hydrogens (primary N) is 1. The molecule has 18 heteroatoms. The molecular formula is C31H49N7O9S2. The molecule has 0 spiro atoms. The molecule has 1 aliphatic heterocycles. The Morgan fingerprint density at radius 2 is 1.61 bits per heavy atom. The molecule has 0 bridgehead atoms. The number of aliphatic hydroxyl groups excluding tert-OH is 3. The summed E-state index contributed by atoms with van der Waals surface area (Å²) in [5, 5.41) is 45.2. The van der Waals surface area contributed by atoms with Crippen LogP contribution in [0.25, 0.3) is 0 Å². The van der Waals surface area contributed by atoms with Gasteiger partial charge in [-0.2, -0.15) is 0 Å². The van der Waals surface area contributed by atoms with Gasteiger partial charge >= 0.3 is 0 Å². The number of carbonyl (C=O) groups excluding carboxylic acids is 6. The summed E-state index contributed by atoms with van der Waals surface area (Å²) in [5.74, 6) is -3.93. The van der Waals surface area contributed by atoms with Crippen molar-refractivity contribution in [1.82, 2.24) is 31.9 Å². The summed E-state index contributed by atoms with van der Waals surface area (Å²) >= 11 is 0. The van der Waals surface area contributed by atoms with Crippen LogP contribution < -0.4 is 37.6 Å². The first-order valence-electron chi connectivity index (χ1n) is 16.1. The van der Waals surface area contributed by atoms with Crippen LogP contribution in [0.5, 0.6) is 0 Å². The lowest BCUT2D eigenvalue weighted by atomic mass is 10.0. The van der Waals surface area contributed by atoms with Gasteiger partial charge in [0, 0.05) is 24.3 Å². The molecule has 1 aliphatic rings. The smallest absolute Gasteiger partial charge is 0.245 e. The largest absolute Gasteiger partial charge is 0.394 e. The molecule has 6 amide bonds. The van der Waals surface area contributed by atoms with Crippen LogP contribution in [0, 0.1) is 0 Å². The molecular weight excluding hydrogens is 679 g/mol. The number of nitrogens with one attached hydrogen (secondary N) is 6. The first kappa shape index (κ1) is 41.7. The maximum atomic E-state index is 13.4. The van der Waals surface area contributed by atoms with E-state index in [1.54, 1.807) is 24.3 Å².